The lowest BCUT2D eigenvalue weighted by atomic mass is 10.2. The molecule has 0 aliphatic rings. The van der Waals surface area contributed by atoms with Crippen LogP contribution < -0.4 is 15.4 Å². The molecule has 0 saturated carbocycles. The zero-order valence-electron chi connectivity index (χ0n) is 14.2. The van der Waals surface area contributed by atoms with E-state index in [1.165, 1.54) is 0 Å². The molecular weight excluding hydrogens is 334 g/mol. The lowest BCUT2D eigenvalue weighted by Gasteiger charge is -2.16. The number of anilines is 1. The van der Waals surface area contributed by atoms with E-state index in [0.29, 0.717) is 17.1 Å². The number of hydrogen-bond donors (Lipinski definition) is 4. The van der Waals surface area contributed by atoms with Gasteiger partial charge in [-0.1, -0.05) is 18.2 Å². The predicted molar refractivity (Wildman–Crippen MR) is 98.3 cm³/mol. The van der Waals surface area contributed by atoms with Crippen molar-refractivity contribution in [2.75, 3.05) is 19.0 Å². The molecule has 26 heavy (non-hydrogen) atoms. The minimum absolute atomic E-state index is 0.321. The molecule has 1 aromatic heterocycles. The number of carbonyl (C=O) groups excluding carboxylic acids is 2. The van der Waals surface area contributed by atoms with Gasteiger partial charge in [0, 0.05) is 16.6 Å². The van der Waals surface area contributed by atoms with Crippen LogP contribution in [0.4, 0.5) is 5.69 Å². The third kappa shape index (κ3) is 3.84. The molecule has 0 fully saturated rings. The van der Waals surface area contributed by atoms with E-state index < -0.39 is 24.5 Å². The molecular formula is C19H19N3O4. The van der Waals surface area contributed by atoms with Crippen molar-refractivity contribution in [1.82, 2.24) is 10.3 Å². The molecule has 7 heteroatoms. The largest absolute Gasteiger partial charge is 0.497 e. The first-order valence-electron chi connectivity index (χ1n) is 8.05. The van der Waals surface area contributed by atoms with Crippen LogP contribution in [0.15, 0.2) is 54.6 Å². The molecule has 134 valence electrons. The van der Waals surface area contributed by atoms with Gasteiger partial charge < -0.3 is 25.5 Å². The first kappa shape index (κ1) is 17.5. The number of aromatic amines is 1. The number of methoxy groups -OCH3 is 1. The van der Waals surface area contributed by atoms with Crippen molar-refractivity contribution in [3.8, 4) is 5.75 Å². The van der Waals surface area contributed by atoms with Crippen molar-refractivity contribution in [1.29, 1.82) is 0 Å². The second-order valence-electron chi connectivity index (χ2n) is 5.70. The number of ether oxygens (including phenoxy) is 1. The van der Waals surface area contributed by atoms with Gasteiger partial charge in [-0.05, 0) is 36.4 Å². The number of aromatic nitrogens is 1. The van der Waals surface area contributed by atoms with Crippen LogP contribution in [0.1, 0.15) is 10.5 Å². The van der Waals surface area contributed by atoms with Gasteiger partial charge in [0.15, 0.2) is 0 Å². The maximum absolute atomic E-state index is 12.4. The molecule has 1 unspecified atom stereocenters. The fourth-order valence-corrected chi connectivity index (χ4v) is 2.53. The topological polar surface area (TPSA) is 103 Å². The van der Waals surface area contributed by atoms with Crippen LogP contribution in [0.25, 0.3) is 10.9 Å². The van der Waals surface area contributed by atoms with Gasteiger partial charge >= 0.3 is 0 Å². The van der Waals surface area contributed by atoms with E-state index in [9.17, 15) is 14.7 Å². The van der Waals surface area contributed by atoms with Crippen LogP contribution in [-0.2, 0) is 4.79 Å². The number of hydrogen-bond acceptors (Lipinski definition) is 4. The number of carbonyl (C=O) groups is 2. The highest BCUT2D eigenvalue weighted by atomic mass is 16.5. The lowest BCUT2D eigenvalue weighted by Crippen LogP contribution is -2.46. The molecule has 0 radical (unpaired) electrons. The van der Waals surface area contributed by atoms with Crippen molar-refractivity contribution >= 4 is 28.4 Å². The van der Waals surface area contributed by atoms with Crippen LogP contribution in [0.2, 0.25) is 0 Å². The molecule has 1 atom stereocenters. The van der Waals surface area contributed by atoms with Crippen LogP contribution in [0.3, 0.4) is 0 Å². The van der Waals surface area contributed by atoms with Crippen molar-refractivity contribution in [3.63, 3.8) is 0 Å². The second kappa shape index (κ2) is 7.71. The summed E-state index contributed by atoms with van der Waals surface area (Å²) in [4.78, 5) is 27.7. The summed E-state index contributed by atoms with van der Waals surface area (Å²) in [5.74, 6) is -0.318. The third-order valence-corrected chi connectivity index (χ3v) is 3.94. The summed E-state index contributed by atoms with van der Waals surface area (Å²) < 4.78 is 5.06. The van der Waals surface area contributed by atoms with Crippen molar-refractivity contribution in [2.45, 2.75) is 6.04 Å². The second-order valence-corrected chi connectivity index (χ2v) is 5.70. The average molecular weight is 353 g/mol. The molecule has 2 amide bonds. The van der Waals surface area contributed by atoms with Crippen molar-refractivity contribution in [2.24, 2.45) is 0 Å². The number of H-pyrrole nitrogens is 1. The van der Waals surface area contributed by atoms with Crippen LogP contribution in [0.5, 0.6) is 5.75 Å². The Morgan fingerprint density at radius 1 is 1.15 bits per heavy atom. The molecule has 0 saturated heterocycles. The number of amides is 2. The third-order valence-electron chi connectivity index (χ3n) is 3.94. The molecule has 3 aromatic rings. The number of fused-ring (bicyclic) bond motifs is 1. The van der Waals surface area contributed by atoms with Gasteiger partial charge in [0.05, 0.1) is 13.7 Å². The molecule has 0 aliphatic heterocycles. The van der Waals surface area contributed by atoms with E-state index in [-0.39, 0.29) is 0 Å². The summed E-state index contributed by atoms with van der Waals surface area (Å²) in [7, 11) is 1.55. The number of aliphatic hydroxyl groups is 1. The van der Waals surface area contributed by atoms with Gasteiger partial charge in [0.1, 0.15) is 17.5 Å². The zero-order chi connectivity index (χ0) is 18.5. The molecule has 7 nitrogen and oxygen atoms in total. The lowest BCUT2D eigenvalue weighted by molar-refractivity contribution is -0.118. The number of benzene rings is 2. The summed E-state index contributed by atoms with van der Waals surface area (Å²) in [5, 5.41) is 15.6. The summed E-state index contributed by atoms with van der Waals surface area (Å²) >= 11 is 0. The van der Waals surface area contributed by atoms with Gasteiger partial charge in [0.25, 0.3) is 5.91 Å². The molecule has 2 aromatic carbocycles. The SMILES string of the molecule is COc1ccc(NC(=O)C(CO)NC(=O)c2cc3ccccc3[nH]2)cc1. The van der Waals surface area contributed by atoms with Gasteiger partial charge in [-0.25, -0.2) is 0 Å². The van der Waals surface area contributed by atoms with Gasteiger partial charge in [0.2, 0.25) is 5.91 Å². The van der Waals surface area contributed by atoms with E-state index in [4.69, 9.17) is 4.74 Å². The fourth-order valence-electron chi connectivity index (χ4n) is 2.53. The fraction of sp³-hybridized carbons (Fsp3) is 0.158. The molecule has 0 spiro atoms. The van der Waals surface area contributed by atoms with Gasteiger partial charge in [-0.3, -0.25) is 9.59 Å². The van der Waals surface area contributed by atoms with E-state index in [2.05, 4.69) is 15.6 Å². The minimum atomic E-state index is -1.07. The highest BCUT2D eigenvalue weighted by Crippen LogP contribution is 2.16. The monoisotopic (exact) mass is 353 g/mol. The Balaban J connectivity index is 1.67. The number of rotatable bonds is 6. The minimum Gasteiger partial charge on any atom is -0.497 e. The molecule has 4 N–H and O–H groups in total. The summed E-state index contributed by atoms with van der Waals surface area (Å²) in [6.07, 6.45) is 0. The standard InChI is InChI=1S/C19H19N3O4/c1-26-14-8-6-13(7-9-14)20-19(25)17(11-23)22-18(24)16-10-12-4-2-3-5-15(12)21-16/h2-10,17,21,23H,11H2,1H3,(H,20,25)(H,22,24). The Labute approximate surface area is 150 Å². The average Bonchev–Trinajstić information content (AvgIpc) is 3.10. The molecule has 0 aliphatic carbocycles. The Bertz CT molecular complexity index is 885. The first-order chi connectivity index (χ1) is 12.6. The maximum atomic E-state index is 12.4. The Morgan fingerprint density at radius 2 is 1.88 bits per heavy atom. The molecule has 0 bridgehead atoms. The van der Waals surface area contributed by atoms with Gasteiger partial charge in [-0.2, -0.15) is 0 Å². The summed E-state index contributed by atoms with van der Waals surface area (Å²) in [6, 6.07) is 14.8. The molecule has 1 heterocycles. The zero-order valence-corrected chi connectivity index (χ0v) is 14.2. The normalized spacial score (nSPS) is 11.8. The smallest absolute Gasteiger partial charge is 0.268 e. The first-order valence-corrected chi connectivity index (χ1v) is 8.05. The quantitative estimate of drug-likeness (QED) is 0.543. The van der Waals surface area contributed by atoms with Crippen LogP contribution in [0, 0.1) is 0 Å². The maximum Gasteiger partial charge on any atom is 0.268 e. The van der Waals surface area contributed by atoms with E-state index in [1.807, 2.05) is 24.3 Å². The Hall–Kier alpha value is -3.32. The summed E-state index contributed by atoms with van der Waals surface area (Å²) in [6.45, 7) is -0.520. The van der Waals surface area contributed by atoms with E-state index >= 15 is 0 Å². The summed E-state index contributed by atoms with van der Waals surface area (Å²) in [5.41, 5.74) is 1.68. The van der Waals surface area contributed by atoms with Crippen LogP contribution >= 0.6 is 0 Å². The van der Waals surface area contributed by atoms with E-state index in [0.717, 1.165) is 10.9 Å². The Kier molecular flexibility index (Phi) is 5.19. The van der Waals surface area contributed by atoms with Crippen molar-refractivity contribution < 1.29 is 19.4 Å². The van der Waals surface area contributed by atoms with Crippen molar-refractivity contribution in [3.05, 3.63) is 60.3 Å². The number of aliphatic hydroxyl groups excluding tert-OH is 1. The van der Waals surface area contributed by atoms with Crippen LogP contribution in [-0.4, -0.2) is 41.7 Å². The predicted octanol–water partition coefficient (Wildman–Crippen LogP) is 1.91. The van der Waals surface area contributed by atoms with E-state index in [1.54, 1.807) is 37.4 Å². The Morgan fingerprint density at radius 3 is 2.54 bits per heavy atom. The van der Waals surface area contributed by atoms with Gasteiger partial charge in [-0.15, -0.1) is 0 Å². The number of nitrogens with one attached hydrogen (secondary N) is 3. The number of para-hydroxylation sites is 1. The highest BCUT2D eigenvalue weighted by Gasteiger charge is 2.21. The highest BCUT2D eigenvalue weighted by molar-refractivity contribution is 6.02. The molecule has 3 rings (SSSR count).